The highest BCUT2D eigenvalue weighted by atomic mass is 32.2. The van der Waals surface area contributed by atoms with Crippen LogP contribution in [0.15, 0.2) is 40.6 Å². The lowest BCUT2D eigenvalue weighted by Crippen LogP contribution is -2.35. The van der Waals surface area contributed by atoms with Gasteiger partial charge >= 0.3 is 0 Å². The van der Waals surface area contributed by atoms with Gasteiger partial charge in [-0.1, -0.05) is 12.5 Å². The zero-order valence-electron chi connectivity index (χ0n) is 16.0. The van der Waals surface area contributed by atoms with E-state index in [9.17, 15) is 13.2 Å². The monoisotopic (exact) mass is 422 g/mol. The number of nitrogens with one attached hydrogen (secondary N) is 1. The molecule has 0 bridgehead atoms. The van der Waals surface area contributed by atoms with Crippen LogP contribution in [0.5, 0.6) is 5.75 Å². The highest BCUT2D eigenvalue weighted by Gasteiger charge is 2.29. The van der Waals surface area contributed by atoms with Crippen LogP contribution in [-0.2, 0) is 21.2 Å². The van der Waals surface area contributed by atoms with Gasteiger partial charge in [-0.2, -0.15) is 4.31 Å². The summed E-state index contributed by atoms with van der Waals surface area (Å²) in [6, 6.07) is 8.77. The van der Waals surface area contributed by atoms with Crippen LogP contribution < -0.4 is 10.1 Å². The van der Waals surface area contributed by atoms with E-state index in [1.54, 1.807) is 23.5 Å². The molecule has 1 aliphatic heterocycles. The van der Waals surface area contributed by atoms with Gasteiger partial charge in [-0.05, 0) is 55.8 Å². The number of piperidine rings is 1. The molecule has 152 valence electrons. The number of aryl methyl sites for hydroxylation is 1. The summed E-state index contributed by atoms with van der Waals surface area (Å²) in [6.45, 7) is 3.23. The normalized spacial score (nSPS) is 15.3. The van der Waals surface area contributed by atoms with Gasteiger partial charge in [-0.25, -0.2) is 8.42 Å². The molecule has 1 N–H and O–H groups in total. The average Bonchev–Trinajstić information content (AvgIpc) is 3.22. The molecular formula is C20H26N2O4S2. The average molecular weight is 423 g/mol. The second kappa shape index (κ2) is 9.54. The van der Waals surface area contributed by atoms with Gasteiger partial charge in [0.25, 0.3) is 0 Å². The maximum Gasteiger partial charge on any atom is 0.246 e. The number of carbonyl (C=O) groups is 1. The molecule has 0 saturated carbocycles. The summed E-state index contributed by atoms with van der Waals surface area (Å²) < 4.78 is 33.3. The molecule has 6 nitrogen and oxygen atoms in total. The Morgan fingerprint density at radius 1 is 1.21 bits per heavy atom. The van der Waals surface area contributed by atoms with E-state index in [0.717, 1.165) is 24.1 Å². The van der Waals surface area contributed by atoms with E-state index in [1.165, 1.54) is 10.4 Å². The second-order valence-electron chi connectivity index (χ2n) is 6.69. The van der Waals surface area contributed by atoms with Gasteiger partial charge < -0.3 is 10.1 Å². The van der Waals surface area contributed by atoms with E-state index in [4.69, 9.17) is 4.74 Å². The number of ether oxygens (including phenoxy) is 1. The fraction of sp³-hybridized carbons (Fsp3) is 0.450. The van der Waals surface area contributed by atoms with Crippen molar-refractivity contribution in [2.75, 3.05) is 25.0 Å². The Morgan fingerprint density at radius 3 is 2.68 bits per heavy atom. The van der Waals surface area contributed by atoms with Crippen molar-refractivity contribution in [3.8, 4) is 5.75 Å². The first-order valence-corrected chi connectivity index (χ1v) is 11.9. The second-order valence-corrected chi connectivity index (χ2v) is 9.63. The molecule has 1 fully saturated rings. The van der Waals surface area contributed by atoms with Crippen molar-refractivity contribution in [2.45, 2.75) is 43.9 Å². The quantitative estimate of drug-likeness (QED) is 0.700. The largest absolute Gasteiger partial charge is 0.492 e. The molecule has 8 heteroatoms. The molecule has 0 radical (unpaired) electrons. The van der Waals surface area contributed by atoms with Crippen molar-refractivity contribution in [3.05, 3.63) is 40.6 Å². The third-order valence-corrected chi connectivity index (χ3v) is 7.49. The van der Waals surface area contributed by atoms with E-state index >= 15 is 0 Å². The number of amides is 1. The van der Waals surface area contributed by atoms with Crippen LogP contribution in [-0.4, -0.2) is 38.3 Å². The van der Waals surface area contributed by atoms with Crippen LogP contribution in [0.3, 0.4) is 0 Å². The van der Waals surface area contributed by atoms with E-state index in [-0.39, 0.29) is 10.8 Å². The smallest absolute Gasteiger partial charge is 0.246 e. The predicted octanol–water partition coefficient (Wildman–Crippen LogP) is 3.89. The lowest BCUT2D eigenvalue weighted by Gasteiger charge is -2.27. The van der Waals surface area contributed by atoms with Crippen molar-refractivity contribution in [1.82, 2.24) is 4.31 Å². The first kappa shape index (κ1) is 20.8. The Bertz CT molecular complexity index is 889. The molecule has 2 aromatic rings. The lowest BCUT2D eigenvalue weighted by molar-refractivity contribution is -0.116. The number of rotatable bonds is 8. The van der Waals surface area contributed by atoms with Gasteiger partial charge in [0.15, 0.2) is 0 Å². The number of hydrogen-bond acceptors (Lipinski definition) is 5. The van der Waals surface area contributed by atoms with Crippen molar-refractivity contribution >= 4 is 33.0 Å². The maximum absolute atomic E-state index is 13.1. The number of sulfonamides is 1. The minimum absolute atomic E-state index is 0.118. The zero-order valence-corrected chi connectivity index (χ0v) is 17.7. The van der Waals surface area contributed by atoms with Crippen molar-refractivity contribution < 1.29 is 17.9 Å². The summed E-state index contributed by atoms with van der Waals surface area (Å²) in [5.41, 5.74) is 0.468. The molecule has 2 heterocycles. The van der Waals surface area contributed by atoms with Crippen molar-refractivity contribution in [3.63, 3.8) is 0 Å². The summed E-state index contributed by atoms with van der Waals surface area (Å²) in [5, 5.41) is 4.80. The number of carbonyl (C=O) groups excluding carboxylic acids is 1. The molecular weight excluding hydrogens is 396 g/mol. The number of anilines is 1. The van der Waals surface area contributed by atoms with Crippen LogP contribution in [0.4, 0.5) is 5.69 Å². The molecule has 0 aliphatic carbocycles. The molecule has 0 spiro atoms. The molecule has 1 amide bonds. The molecule has 1 aliphatic rings. The fourth-order valence-electron chi connectivity index (χ4n) is 3.22. The molecule has 28 heavy (non-hydrogen) atoms. The molecule has 0 atom stereocenters. The Morgan fingerprint density at radius 2 is 2.00 bits per heavy atom. The van der Waals surface area contributed by atoms with Gasteiger partial charge in [0.2, 0.25) is 15.9 Å². The van der Waals surface area contributed by atoms with Gasteiger partial charge in [0.1, 0.15) is 10.6 Å². The summed E-state index contributed by atoms with van der Waals surface area (Å²) >= 11 is 1.62. The standard InChI is InChI=1S/C20H26N2O4S2/c1-2-26-18-10-8-16(21-20(23)11-9-17-7-6-14-27-17)15-19(18)28(24,25)22-12-4-3-5-13-22/h6-8,10,14-15H,2-5,9,11-13H2,1H3,(H,21,23). The molecule has 1 aromatic carbocycles. The summed E-state index contributed by atoms with van der Waals surface area (Å²) in [5.74, 6) is 0.184. The van der Waals surface area contributed by atoms with Gasteiger partial charge in [0.05, 0.1) is 6.61 Å². The van der Waals surface area contributed by atoms with E-state index in [2.05, 4.69) is 5.32 Å². The summed E-state index contributed by atoms with van der Waals surface area (Å²) in [7, 11) is -3.66. The van der Waals surface area contributed by atoms with Gasteiger partial charge in [-0.3, -0.25) is 4.79 Å². The molecule has 1 aromatic heterocycles. The van der Waals surface area contributed by atoms with Gasteiger partial charge in [0, 0.05) is 30.1 Å². The Labute approximate surface area is 170 Å². The Kier molecular flexibility index (Phi) is 7.09. The van der Waals surface area contributed by atoms with Crippen LogP contribution in [0, 0.1) is 0 Å². The Balaban J connectivity index is 1.77. The highest BCUT2D eigenvalue weighted by molar-refractivity contribution is 7.89. The lowest BCUT2D eigenvalue weighted by atomic mass is 10.2. The van der Waals surface area contributed by atoms with E-state index in [0.29, 0.717) is 44.0 Å². The first-order chi connectivity index (χ1) is 13.5. The van der Waals surface area contributed by atoms with Crippen molar-refractivity contribution in [2.24, 2.45) is 0 Å². The minimum atomic E-state index is -3.66. The van der Waals surface area contributed by atoms with Crippen LogP contribution in [0.25, 0.3) is 0 Å². The summed E-state index contributed by atoms with van der Waals surface area (Å²) in [4.78, 5) is 13.5. The zero-order chi connectivity index (χ0) is 20.0. The number of thiophene rings is 1. The third-order valence-electron chi connectivity index (χ3n) is 4.64. The number of hydrogen-bond donors (Lipinski definition) is 1. The van der Waals surface area contributed by atoms with Crippen LogP contribution in [0.2, 0.25) is 0 Å². The highest BCUT2D eigenvalue weighted by Crippen LogP contribution is 2.31. The molecule has 1 saturated heterocycles. The SMILES string of the molecule is CCOc1ccc(NC(=O)CCc2cccs2)cc1S(=O)(=O)N1CCCCC1. The molecule has 0 unspecified atom stereocenters. The van der Waals surface area contributed by atoms with E-state index in [1.807, 2.05) is 24.4 Å². The number of nitrogens with zero attached hydrogens (tertiary/aromatic N) is 1. The summed E-state index contributed by atoms with van der Waals surface area (Å²) in [6.07, 6.45) is 3.79. The van der Waals surface area contributed by atoms with Crippen LogP contribution in [0.1, 0.15) is 37.5 Å². The van der Waals surface area contributed by atoms with E-state index < -0.39 is 10.0 Å². The number of benzene rings is 1. The van der Waals surface area contributed by atoms with Crippen LogP contribution >= 0.6 is 11.3 Å². The topological polar surface area (TPSA) is 75.7 Å². The third kappa shape index (κ3) is 5.12. The predicted molar refractivity (Wildman–Crippen MR) is 111 cm³/mol. The van der Waals surface area contributed by atoms with Gasteiger partial charge in [-0.15, -0.1) is 11.3 Å². The minimum Gasteiger partial charge on any atom is -0.492 e. The maximum atomic E-state index is 13.1. The van der Waals surface area contributed by atoms with Crippen molar-refractivity contribution in [1.29, 1.82) is 0 Å². The fourth-order valence-corrected chi connectivity index (χ4v) is 5.60. The Hall–Kier alpha value is -1.90. The molecule has 3 rings (SSSR count). The first-order valence-electron chi connectivity index (χ1n) is 9.60.